The van der Waals surface area contributed by atoms with Gasteiger partial charge in [0.05, 0.1) is 18.8 Å². The van der Waals surface area contributed by atoms with E-state index in [0.29, 0.717) is 41.5 Å². The van der Waals surface area contributed by atoms with E-state index in [0.717, 1.165) is 10.0 Å². The highest BCUT2D eigenvalue weighted by Crippen LogP contribution is 2.22. The van der Waals surface area contributed by atoms with E-state index in [-0.39, 0.29) is 12.4 Å². The average Bonchev–Trinajstić information content (AvgIpc) is 2.94. The Bertz CT molecular complexity index is 1350. The van der Waals surface area contributed by atoms with Crippen LogP contribution in [0.15, 0.2) is 108 Å². The highest BCUT2D eigenvalue weighted by molar-refractivity contribution is 9.10. The molecule has 0 fully saturated rings. The zero-order chi connectivity index (χ0) is 25.9. The van der Waals surface area contributed by atoms with E-state index in [1.807, 2.05) is 42.5 Å². The Balaban J connectivity index is 1.18. The van der Waals surface area contributed by atoms with E-state index >= 15 is 0 Å². The predicted octanol–water partition coefficient (Wildman–Crippen LogP) is 7.16. The molecule has 0 amide bonds. The number of hydrogen-bond acceptors (Lipinski definition) is 6. The molecule has 0 N–H and O–H groups in total. The van der Waals surface area contributed by atoms with Gasteiger partial charge in [-0.15, -0.1) is 0 Å². The first-order chi connectivity index (χ1) is 18.1. The fourth-order valence-electron chi connectivity index (χ4n) is 3.26. The largest absolute Gasteiger partial charge is 0.493 e. The Morgan fingerprint density at radius 1 is 0.811 bits per heavy atom. The number of esters is 1. The summed E-state index contributed by atoms with van der Waals surface area (Å²) in [5.74, 6) is 1.01. The smallest absolute Gasteiger partial charge is 0.338 e. The molecule has 1 heterocycles. The number of aromatic nitrogens is 1. The predicted molar refractivity (Wildman–Crippen MR) is 145 cm³/mol. The molecule has 0 atom stereocenters. The lowest BCUT2D eigenvalue weighted by Gasteiger charge is -2.09. The van der Waals surface area contributed by atoms with Crippen molar-refractivity contribution in [3.05, 3.63) is 124 Å². The summed E-state index contributed by atoms with van der Waals surface area (Å²) in [6.07, 6.45) is 5.36. The topological polar surface area (TPSA) is 74.7 Å². The molecule has 37 heavy (non-hydrogen) atoms. The molecule has 186 valence electrons. The molecule has 6 nitrogen and oxygen atoms in total. The summed E-state index contributed by atoms with van der Waals surface area (Å²) in [7, 11) is 0. The SMILES string of the molecule is O=C(C=Cc1ccccc1)c1ccc(OCCCOC(=O)c2ccnc(Oc3ccc(Br)cc3)c2)cc1. The molecule has 0 spiro atoms. The van der Waals surface area contributed by atoms with Crippen LogP contribution in [0.4, 0.5) is 0 Å². The van der Waals surface area contributed by atoms with E-state index in [1.165, 1.54) is 6.20 Å². The summed E-state index contributed by atoms with van der Waals surface area (Å²) in [6.45, 7) is 0.563. The highest BCUT2D eigenvalue weighted by atomic mass is 79.9. The van der Waals surface area contributed by atoms with Crippen molar-refractivity contribution >= 4 is 33.8 Å². The third-order valence-electron chi connectivity index (χ3n) is 5.16. The van der Waals surface area contributed by atoms with Gasteiger partial charge in [0.1, 0.15) is 11.5 Å². The molecule has 0 aliphatic heterocycles. The van der Waals surface area contributed by atoms with Crippen LogP contribution >= 0.6 is 15.9 Å². The van der Waals surface area contributed by atoms with Crippen molar-refractivity contribution in [1.29, 1.82) is 0 Å². The second-order valence-electron chi connectivity index (χ2n) is 7.91. The standard InChI is InChI=1S/C30H24BrNO5/c31-25-10-14-27(15-11-25)37-29-21-24(17-18-32-29)30(34)36-20-4-19-35-26-12-8-23(9-13-26)28(33)16-7-22-5-2-1-3-6-22/h1-3,5-18,21H,4,19-20H2. The Hall–Kier alpha value is -4.23. The van der Waals surface area contributed by atoms with Crippen LogP contribution in [-0.2, 0) is 4.74 Å². The highest BCUT2D eigenvalue weighted by Gasteiger charge is 2.10. The first-order valence-electron chi connectivity index (χ1n) is 11.6. The van der Waals surface area contributed by atoms with Crippen LogP contribution < -0.4 is 9.47 Å². The van der Waals surface area contributed by atoms with Gasteiger partial charge in [-0.2, -0.15) is 0 Å². The van der Waals surface area contributed by atoms with Crippen molar-refractivity contribution in [3.63, 3.8) is 0 Å². The lowest BCUT2D eigenvalue weighted by atomic mass is 10.1. The van der Waals surface area contributed by atoms with Gasteiger partial charge in [-0.1, -0.05) is 52.3 Å². The average molecular weight is 558 g/mol. The van der Waals surface area contributed by atoms with Crippen molar-refractivity contribution < 1.29 is 23.8 Å². The molecule has 0 saturated heterocycles. The Morgan fingerprint density at radius 2 is 1.54 bits per heavy atom. The minimum absolute atomic E-state index is 0.0798. The second-order valence-corrected chi connectivity index (χ2v) is 8.82. The zero-order valence-corrected chi connectivity index (χ0v) is 21.5. The quantitative estimate of drug-likeness (QED) is 0.0842. The van der Waals surface area contributed by atoms with Crippen molar-refractivity contribution in [3.8, 4) is 17.4 Å². The van der Waals surface area contributed by atoms with Crippen molar-refractivity contribution in [2.24, 2.45) is 0 Å². The van der Waals surface area contributed by atoms with Gasteiger partial charge in [-0.25, -0.2) is 9.78 Å². The molecule has 4 aromatic rings. The Kier molecular flexibility index (Phi) is 9.21. The molecule has 0 aliphatic rings. The van der Waals surface area contributed by atoms with Gasteiger partial charge in [-0.3, -0.25) is 4.79 Å². The van der Waals surface area contributed by atoms with Gasteiger partial charge in [0.15, 0.2) is 5.78 Å². The van der Waals surface area contributed by atoms with Gasteiger partial charge in [-0.05, 0) is 66.2 Å². The molecule has 0 saturated carbocycles. The van der Waals surface area contributed by atoms with Crippen LogP contribution in [0.25, 0.3) is 6.08 Å². The maximum Gasteiger partial charge on any atom is 0.338 e. The Labute approximate surface area is 223 Å². The van der Waals surface area contributed by atoms with Crippen LogP contribution in [0.5, 0.6) is 17.4 Å². The Morgan fingerprint density at radius 3 is 2.30 bits per heavy atom. The minimum Gasteiger partial charge on any atom is -0.493 e. The van der Waals surface area contributed by atoms with Crippen molar-refractivity contribution in [2.75, 3.05) is 13.2 Å². The summed E-state index contributed by atoms with van der Waals surface area (Å²) in [6, 6.07) is 27.0. The summed E-state index contributed by atoms with van der Waals surface area (Å²) in [4.78, 5) is 28.9. The molecular formula is C30H24BrNO5. The number of benzene rings is 3. The van der Waals surface area contributed by atoms with Gasteiger partial charge in [0.25, 0.3) is 0 Å². The summed E-state index contributed by atoms with van der Waals surface area (Å²) in [5.41, 5.74) is 1.90. The number of allylic oxidation sites excluding steroid dienone is 1. The maximum atomic E-state index is 12.4. The van der Waals surface area contributed by atoms with Gasteiger partial charge in [0, 0.05) is 28.7 Å². The third kappa shape index (κ3) is 8.15. The van der Waals surface area contributed by atoms with E-state index in [1.54, 1.807) is 60.7 Å². The molecule has 0 unspecified atom stereocenters. The van der Waals surface area contributed by atoms with Gasteiger partial charge in [0.2, 0.25) is 5.88 Å². The molecule has 7 heteroatoms. The monoisotopic (exact) mass is 557 g/mol. The number of rotatable bonds is 11. The van der Waals surface area contributed by atoms with E-state index in [9.17, 15) is 9.59 Å². The second kappa shape index (κ2) is 13.2. The maximum absolute atomic E-state index is 12.4. The first-order valence-corrected chi connectivity index (χ1v) is 12.4. The number of hydrogen-bond donors (Lipinski definition) is 0. The van der Waals surface area contributed by atoms with Crippen LogP contribution in [0.1, 0.15) is 32.7 Å². The van der Waals surface area contributed by atoms with Crippen LogP contribution in [0.2, 0.25) is 0 Å². The van der Waals surface area contributed by atoms with Crippen LogP contribution in [0.3, 0.4) is 0 Å². The summed E-state index contributed by atoms with van der Waals surface area (Å²) < 4.78 is 17.7. The normalized spacial score (nSPS) is 10.7. The number of carbonyl (C=O) groups is 2. The summed E-state index contributed by atoms with van der Waals surface area (Å²) >= 11 is 3.37. The number of halogens is 1. The third-order valence-corrected chi connectivity index (χ3v) is 5.69. The van der Waals surface area contributed by atoms with E-state index in [2.05, 4.69) is 20.9 Å². The van der Waals surface area contributed by atoms with E-state index < -0.39 is 5.97 Å². The first kappa shape index (κ1) is 25.9. The number of carbonyl (C=O) groups excluding carboxylic acids is 2. The molecule has 0 radical (unpaired) electrons. The van der Waals surface area contributed by atoms with Crippen LogP contribution in [0, 0.1) is 0 Å². The lowest BCUT2D eigenvalue weighted by Crippen LogP contribution is -2.09. The lowest BCUT2D eigenvalue weighted by molar-refractivity contribution is 0.0485. The van der Waals surface area contributed by atoms with Crippen molar-refractivity contribution in [2.45, 2.75) is 6.42 Å². The molecule has 3 aromatic carbocycles. The minimum atomic E-state index is -0.463. The van der Waals surface area contributed by atoms with Gasteiger partial charge < -0.3 is 14.2 Å². The molecular weight excluding hydrogens is 534 g/mol. The number of pyridine rings is 1. The fourth-order valence-corrected chi connectivity index (χ4v) is 3.52. The van der Waals surface area contributed by atoms with E-state index in [4.69, 9.17) is 14.2 Å². The fraction of sp³-hybridized carbons (Fsp3) is 0.100. The number of ether oxygens (including phenoxy) is 3. The van der Waals surface area contributed by atoms with Crippen molar-refractivity contribution in [1.82, 2.24) is 4.98 Å². The summed E-state index contributed by atoms with van der Waals surface area (Å²) in [5, 5.41) is 0. The molecule has 0 bridgehead atoms. The molecule has 4 rings (SSSR count). The number of ketones is 1. The molecule has 0 aliphatic carbocycles. The van der Waals surface area contributed by atoms with Crippen LogP contribution in [-0.4, -0.2) is 30.0 Å². The zero-order valence-electron chi connectivity index (χ0n) is 19.9. The van der Waals surface area contributed by atoms with Gasteiger partial charge >= 0.3 is 5.97 Å². The molecule has 1 aromatic heterocycles. The number of nitrogens with zero attached hydrogens (tertiary/aromatic N) is 1.